The quantitative estimate of drug-likeness (QED) is 0.539. The molecule has 0 bridgehead atoms. The van der Waals surface area contributed by atoms with Crippen molar-refractivity contribution in [3.05, 3.63) is 77.5 Å². The van der Waals surface area contributed by atoms with Crippen molar-refractivity contribution in [3.63, 3.8) is 0 Å². The topological polar surface area (TPSA) is 127 Å². The number of nitrogens with zero attached hydrogens (tertiary/aromatic N) is 2. The number of aromatic nitrogens is 2. The average Bonchev–Trinajstić information content (AvgIpc) is 3.02. The minimum absolute atomic E-state index is 0.0803. The van der Waals surface area contributed by atoms with Gasteiger partial charge in [-0.25, -0.2) is 9.97 Å². The Bertz CT molecular complexity index is 1170. The Morgan fingerprint density at radius 1 is 1.31 bits per heavy atom. The molecule has 0 radical (unpaired) electrons. The highest BCUT2D eigenvalue weighted by Gasteiger charge is 2.49. The molecule has 1 atom stereocenters. The van der Waals surface area contributed by atoms with Gasteiger partial charge in [0.1, 0.15) is 22.8 Å². The van der Waals surface area contributed by atoms with Gasteiger partial charge in [-0.15, -0.1) is 0 Å². The van der Waals surface area contributed by atoms with Crippen LogP contribution in [-0.4, -0.2) is 27.0 Å². The zero-order chi connectivity index (χ0) is 23.6. The normalized spacial score (nSPS) is 17.5. The van der Waals surface area contributed by atoms with E-state index < -0.39 is 17.3 Å². The third-order valence-corrected chi connectivity index (χ3v) is 5.51. The van der Waals surface area contributed by atoms with Crippen LogP contribution < -0.4 is 11.1 Å². The molecule has 1 aromatic heterocycles. The van der Waals surface area contributed by atoms with E-state index in [0.717, 1.165) is 17.5 Å². The second kappa shape index (κ2) is 8.66. The molecule has 0 saturated carbocycles. The molecule has 3 rings (SSSR count). The summed E-state index contributed by atoms with van der Waals surface area (Å²) in [6.07, 6.45) is 1.89. The zero-order valence-corrected chi connectivity index (χ0v) is 18.4. The number of carbonyl (C=O) groups excluding carboxylic acids is 1. The summed E-state index contributed by atoms with van der Waals surface area (Å²) in [6.45, 7) is 13.3. The van der Waals surface area contributed by atoms with E-state index in [1.807, 2.05) is 31.2 Å². The number of nitrogen functional groups attached to an aromatic ring is 1. The molecular weight excluding hydrogens is 408 g/mol. The fraction of sp³-hybridized carbons (Fsp3) is 0.250. The van der Waals surface area contributed by atoms with Gasteiger partial charge in [-0.2, -0.15) is 0 Å². The van der Waals surface area contributed by atoms with Crippen LogP contribution in [0.5, 0.6) is 0 Å². The summed E-state index contributed by atoms with van der Waals surface area (Å²) >= 11 is 0. The molecule has 166 valence electrons. The second-order valence-electron chi connectivity index (χ2n) is 7.80. The first kappa shape index (κ1) is 22.7. The smallest absolute Gasteiger partial charge is 0.307 e. The Kier molecular flexibility index (Phi) is 6.16. The van der Waals surface area contributed by atoms with E-state index in [4.69, 9.17) is 15.6 Å². The first-order valence-electron chi connectivity index (χ1n) is 10.1. The van der Waals surface area contributed by atoms with E-state index in [-0.39, 0.29) is 23.8 Å². The number of carbonyl (C=O) groups is 2. The van der Waals surface area contributed by atoms with Gasteiger partial charge in [-0.05, 0) is 37.0 Å². The lowest BCUT2D eigenvalue weighted by atomic mass is 9.83. The van der Waals surface area contributed by atoms with E-state index in [1.165, 1.54) is 6.26 Å². The average molecular weight is 434 g/mol. The predicted molar refractivity (Wildman–Crippen MR) is 123 cm³/mol. The molecule has 8 heteroatoms. The number of carboxylic acids is 1. The number of aliphatic carboxylic acids is 1. The largest absolute Gasteiger partial charge is 0.481 e. The van der Waals surface area contributed by atoms with Crippen LogP contribution in [0.4, 0.5) is 11.6 Å². The maximum atomic E-state index is 12.9. The molecule has 1 aliphatic heterocycles. The van der Waals surface area contributed by atoms with Crippen LogP contribution in [0.25, 0.3) is 5.57 Å². The predicted octanol–water partition coefficient (Wildman–Crippen LogP) is 3.80. The molecule has 2 aromatic rings. The summed E-state index contributed by atoms with van der Waals surface area (Å²) in [6, 6.07) is 7.82. The van der Waals surface area contributed by atoms with Gasteiger partial charge < -0.3 is 20.9 Å². The Balaban J connectivity index is 1.97. The molecular formula is C24H26N4O4. The van der Waals surface area contributed by atoms with Crippen molar-refractivity contribution in [3.8, 4) is 0 Å². The fourth-order valence-corrected chi connectivity index (χ4v) is 3.62. The van der Waals surface area contributed by atoms with Gasteiger partial charge in [0.15, 0.2) is 5.82 Å². The van der Waals surface area contributed by atoms with Crippen LogP contribution in [0.1, 0.15) is 49.7 Å². The fourth-order valence-electron chi connectivity index (χ4n) is 3.62. The maximum Gasteiger partial charge on any atom is 0.307 e. The molecule has 32 heavy (non-hydrogen) atoms. The number of aryl methyl sites for hydroxylation is 1. The number of carboxylic acid groups (broad SMARTS) is 1. The number of amides is 1. The summed E-state index contributed by atoms with van der Waals surface area (Å²) < 4.78 is 5.54. The second-order valence-corrected chi connectivity index (χ2v) is 7.80. The van der Waals surface area contributed by atoms with Gasteiger partial charge in [0, 0.05) is 5.57 Å². The minimum Gasteiger partial charge on any atom is -0.481 e. The Morgan fingerprint density at radius 3 is 2.66 bits per heavy atom. The van der Waals surface area contributed by atoms with Gasteiger partial charge >= 0.3 is 5.97 Å². The molecule has 1 aliphatic rings. The molecule has 1 amide bonds. The van der Waals surface area contributed by atoms with Crippen LogP contribution in [-0.2, 0) is 26.2 Å². The van der Waals surface area contributed by atoms with Crippen molar-refractivity contribution in [2.45, 2.75) is 39.0 Å². The third kappa shape index (κ3) is 3.99. The molecule has 0 spiro atoms. The van der Waals surface area contributed by atoms with Gasteiger partial charge in [0.25, 0.3) is 0 Å². The number of nitrogens with two attached hydrogens (primary N) is 1. The zero-order valence-electron chi connectivity index (χ0n) is 18.4. The van der Waals surface area contributed by atoms with E-state index in [2.05, 4.69) is 28.4 Å². The summed E-state index contributed by atoms with van der Waals surface area (Å²) in [4.78, 5) is 32.7. The highest BCUT2D eigenvalue weighted by molar-refractivity contribution is 6.08. The van der Waals surface area contributed by atoms with Crippen molar-refractivity contribution in [2.24, 2.45) is 0 Å². The van der Waals surface area contributed by atoms with Gasteiger partial charge in [0.05, 0.1) is 18.2 Å². The molecule has 1 unspecified atom stereocenters. The number of ether oxygens (including phenoxy) is 1. The van der Waals surface area contributed by atoms with Gasteiger partial charge in [-0.3, -0.25) is 9.59 Å². The molecule has 4 N–H and O–H groups in total. The molecule has 1 aromatic carbocycles. The van der Waals surface area contributed by atoms with Crippen molar-refractivity contribution >= 4 is 29.1 Å². The molecule has 2 heterocycles. The van der Waals surface area contributed by atoms with E-state index in [9.17, 15) is 9.59 Å². The van der Waals surface area contributed by atoms with Crippen LogP contribution in [0.15, 0.2) is 55.0 Å². The number of benzene rings is 1. The Hall–Kier alpha value is -3.94. The van der Waals surface area contributed by atoms with E-state index in [1.54, 1.807) is 13.8 Å². The maximum absolute atomic E-state index is 12.9. The van der Waals surface area contributed by atoms with Gasteiger partial charge in [-0.1, -0.05) is 44.3 Å². The highest BCUT2D eigenvalue weighted by atomic mass is 16.5. The molecule has 0 fully saturated rings. The van der Waals surface area contributed by atoms with Crippen LogP contribution >= 0.6 is 0 Å². The first-order valence-corrected chi connectivity index (χ1v) is 10.1. The summed E-state index contributed by atoms with van der Waals surface area (Å²) in [5.74, 6) is -0.632. The Labute approximate surface area is 186 Å². The lowest BCUT2D eigenvalue weighted by Gasteiger charge is -2.24. The molecule has 0 saturated heterocycles. The minimum atomic E-state index is -1.35. The van der Waals surface area contributed by atoms with Crippen LogP contribution in [0, 0.1) is 0 Å². The van der Waals surface area contributed by atoms with Gasteiger partial charge in [0.2, 0.25) is 5.91 Å². The lowest BCUT2D eigenvalue weighted by Crippen LogP contribution is -2.34. The van der Waals surface area contributed by atoms with Crippen molar-refractivity contribution < 1.29 is 19.4 Å². The monoisotopic (exact) mass is 434 g/mol. The lowest BCUT2D eigenvalue weighted by molar-refractivity contribution is -0.136. The Morgan fingerprint density at radius 2 is 2.00 bits per heavy atom. The standard InChI is InChI=1S/C24H26N4O4/c1-6-16-9-7-8-10-17(16)14(3)21-26-20(25)19-22(27-21)28-23(31)24(19,5)15(4)32-12-13(2)11-18(29)30/h7-10,12H,3-4,6,11H2,1-2,5H3,(H,29,30)(H3,25,26,27,28,31)/b13-12+. The number of hydrogen-bond acceptors (Lipinski definition) is 6. The highest BCUT2D eigenvalue weighted by Crippen LogP contribution is 2.45. The molecule has 8 nitrogen and oxygen atoms in total. The number of fused-ring (bicyclic) bond motifs is 1. The third-order valence-electron chi connectivity index (χ3n) is 5.51. The van der Waals surface area contributed by atoms with E-state index >= 15 is 0 Å². The summed E-state index contributed by atoms with van der Waals surface area (Å²) in [5, 5.41) is 11.6. The van der Waals surface area contributed by atoms with Crippen LogP contribution in [0.2, 0.25) is 0 Å². The summed E-state index contributed by atoms with van der Waals surface area (Å²) in [5.41, 5.74) is 8.36. The number of anilines is 2. The van der Waals surface area contributed by atoms with Crippen molar-refractivity contribution in [2.75, 3.05) is 11.1 Å². The van der Waals surface area contributed by atoms with Crippen LogP contribution in [0.3, 0.4) is 0 Å². The molecule has 0 aliphatic carbocycles. The van der Waals surface area contributed by atoms with E-state index in [0.29, 0.717) is 22.5 Å². The summed E-state index contributed by atoms with van der Waals surface area (Å²) in [7, 11) is 0. The van der Waals surface area contributed by atoms with Crippen molar-refractivity contribution in [1.29, 1.82) is 0 Å². The number of rotatable bonds is 8. The number of hydrogen-bond donors (Lipinski definition) is 3. The first-order chi connectivity index (χ1) is 15.1. The SMILES string of the molecule is C=C(c1nc(N)c2c(n1)NC(=O)C2(C)C(=C)O/C=C(\C)CC(=O)O)c1ccccc1CC. The number of nitrogens with one attached hydrogen (secondary N) is 1. The van der Waals surface area contributed by atoms with Crippen molar-refractivity contribution in [1.82, 2.24) is 9.97 Å².